The lowest BCUT2D eigenvalue weighted by atomic mass is 9.95. The summed E-state index contributed by atoms with van der Waals surface area (Å²) in [6, 6.07) is 0.775. The molecule has 2 nitrogen and oxygen atoms in total. The molecule has 0 radical (unpaired) electrons. The Morgan fingerprint density at radius 3 is 2.40 bits per heavy atom. The molecule has 1 unspecified atom stereocenters. The van der Waals surface area contributed by atoms with Gasteiger partial charge in [0.25, 0.3) is 0 Å². The molecule has 2 saturated carbocycles. The zero-order chi connectivity index (χ0) is 10.5. The average molecular weight is 211 g/mol. The van der Waals surface area contributed by atoms with E-state index >= 15 is 0 Å². The molecule has 0 amide bonds. The van der Waals surface area contributed by atoms with Crippen LogP contribution in [-0.4, -0.2) is 24.3 Å². The van der Waals surface area contributed by atoms with E-state index in [2.05, 4.69) is 5.32 Å². The van der Waals surface area contributed by atoms with E-state index in [0.29, 0.717) is 12.5 Å². The van der Waals surface area contributed by atoms with Crippen LogP contribution >= 0.6 is 0 Å². The van der Waals surface area contributed by atoms with Crippen molar-refractivity contribution in [1.82, 2.24) is 5.32 Å². The van der Waals surface area contributed by atoms with Crippen LogP contribution in [0.1, 0.15) is 51.4 Å². The smallest absolute Gasteiger partial charge is 0.0462 e. The van der Waals surface area contributed by atoms with Gasteiger partial charge in [-0.3, -0.25) is 0 Å². The maximum atomic E-state index is 9.25. The summed E-state index contributed by atoms with van der Waals surface area (Å²) in [6.07, 6.45) is 10.9. The van der Waals surface area contributed by atoms with Crippen molar-refractivity contribution in [2.75, 3.05) is 13.2 Å². The van der Waals surface area contributed by atoms with Crippen LogP contribution in [-0.2, 0) is 0 Å². The summed E-state index contributed by atoms with van der Waals surface area (Å²) >= 11 is 0. The van der Waals surface area contributed by atoms with E-state index in [9.17, 15) is 5.11 Å². The van der Waals surface area contributed by atoms with Gasteiger partial charge in [-0.15, -0.1) is 0 Å². The van der Waals surface area contributed by atoms with Gasteiger partial charge in [-0.25, -0.2) is 0 Å². The molecule has 2 N–H and O–H groups in total. The van der Waals surface area contributed by atoms with Crippen LogP contribution in [0.5, 0.6) is 0 Å². The molecule has 88 valence electrons. The van der Waals surface area contributed by atoms with Gasteiger partial charge in [-0.05, 0) is 50.5 Å². The Bertz CT molecular complexity index is 173. The predicted molar refractivity (Wildman–Crippen MR) is 62.8 cm³/mol. The van der Waals surface area contributed by atoms with Crippen LogP contribution in [0.25, 0.3) is 0 Å². The fourth-order valence-corrected chi connectivity index (χ4v) is 2.82. The first-order chi connectivity index (χ1) is 7.40. The van der Waals surface area contributed by atoms with Gasteiger partial charge >= 0.3 is 0 Å². The number of hydrogen-bond acceptors (Lipinski definition) is 2. The van der Waals surface area contributed by atoms with E-state index < -0.39 is 0 Å². The molecule has 1 atom stereocenters. The predicted octanol–water partition coefficient (Wildman–Crippen LogP) is 2.32. The molecule has 2 rings (SSSR count). The molecule has 0 aliphatic heterocycles. The van der Waals surface area contributed by atoms with Crippen molar-refractivity contribution in [3.05, 3.63) is 0 Å². The van der Waals surface area contributed by atoms with Crippen molar-refractivity contribution in [3.8, 4) is 0 Å². The second-order valence-corrected chi connectivity index (χ2v) is 5.36. The number of rotatable bonds is 6. The van der Waals surface area contributed by atoms with Crippen molar-refractivity contribution < 1.29 is 5.11 Å². The van der Waals surface area contributed by atoms with Gasteiger partial charge in [-0.2, -0.15) is 0 Å². The third-order valence-electron chi connectivity index (χ3n) is 4.08. The Hall–Kier alpha value is -0.0800. The van der Waals surface area contributed by atoms with Gasteiger partial charge in [-0.1, -0.05) is 19.3 Å². The fourth-order valence-electron chi connectivity index (χ4n) is 2.82. The molecule has 0 saturated heterocycles. The summed E-state index contributed by atoms with van der Waals surface area (Å²) in [4.78, 5) is 0. The molecule has 0 spiro atoms. The molecule has 2 heteroatoms. The fraction of sp³-hybridized carbons (Fsp3) is 1.00. The topological polar surface area (TPSA) is 32.3 Å². The standard InChI is InChI=1S/C13H25NO/c15-10-12(11-6-7-11)8-9-14-13-4-2-1-3-5-13/h11-15H,1-10H2. The quantitative estimate of drug-likeness (QED) is 0.706. The van der Waals surface area contributed by atoms with Gasteiger partial charge in [0.05, 0.1) is 0 Å². The Morgan fingerprint density at radius 1 is 1.07 bits per heavy atom. The van der Waals surface area contributed by atoms with E-state index in [-0.39, 0.29) is 0 Å². The van der Waals surface area contributed by atoms with E-state index in [1.165, 1.54) is 51.4 Å². The van der Waals surface area contributed by atoms with Crippen LogP contribution in [0.3, 0.4) is 0 Å². The van der Waals surface area contributed by atoms with Gasteiger partial charge in [0.1, 0.15) is 0 Å². The number of hydrogen-bond donors (Lipinski definition) is 2. The van der Waals surface area contributed by atoms with Crippen LogP contribution in [0.2, 0.25) is 0 Å². The first-order valence-electron chi connectivity index (χ1n) is 6.74. The highest BCUT2D eigenvalue weighted by molar-refractivity contribution is 4.82. The van der Waals surface area contributed by atoms with Crippen LogP contribution < -0.4 is 5.32 Å². The van der Waals surface area contributed by atoms with Crippen molar-refractivity contribution in [1.29, 1.82) is 0 Å². The zero-order valence-electron chi connectivity index (χ0n) is 9.75. The molecule has 0 aromatic carbocycles. The third-order valence-corrected chi connectivity index (χ3v) is 4.08. The lowest BCUT2D eigenvalue weighted by Crippen LogP contribution is -2.33. The Morgan fingerprint density at radius 2 is 1.80 bits per heavy atom. The summed E-state index contributed by atoms with van der Waals surface area (Å²) in [6.45, 7) is 1.52. The summed E-state index contributed by atoms with van der Waals surface area (Å²) in [7, 11) is 0. The first-order valence-corrected chi connectivity index (χ1v) is 6.74. The summed E-state index contributed by atoms with van der Waals surface area (Å²) in [5.74, 6) is 1.43. The monoisotopic (exact) mass is 211 g/mol. The van der Waals surface area contributed by atoms with Crippen molar-refractivity contribution in [2.24, 2.45) is 11.8 Å². The molecule has 0 aromatic heterocycles. The van der Waals surface area contributed by atoms with Crippen LogP contribution in [0.4, 0.5) is 0 Å². The molecule has 2 fully saturated rings. The first kappa shape index (κ1) is 11.4. The molecular weight excluding hydrogens is 186 g/mol. The summed E-state index contributed by atoms with van der Waals surface area (Å²) in [5, 5.41) is 12.9. The van der Waals surface area contributed by atoms with Gasteiger partial charge < -0.3 is 10.4 Å². The highest BCUT2D eigenvalue weighted by Gasteiger charge is 2.30. The van der Waals surface area contributed by atoms with E-state index in [1.54, 1.807) is 0 Å². The van der Waals surface area contributed by atoms with E-state index in [0.717, 1.165) is 18.5 Å². The highest BCUT2D eigenvalue weighted by atomic mass is 16.3. The van der Waals surface area contributed by atoms with Gasteiger partial charge in [0.2, 0.25) is 0 Å². The average Bonchev–Trinajstić information content (AvgIpc) is 3.10. The van der Waals surface area contributed by atoms with Gasteiger partial charge in [0, 0.05) is 12.6 Å². The molecule has 0 bridgehead atoms. The third kappa shape index (κ3) is 3.76. The highest BCUT2D eigenvalue weighted by Crippen LogP contribution is 2.38. The van der Waals surface area contributed by atoms with E-state index in [1.807, 2.05) is 0 Å². The SMILES string of the molecule is OCC(CCNC1CCCCC1)C1CC1. The minimum absolute atomic E-state index is 0.400. The summed E-state index contributed by atoms with van der Waals surface area (Å²) in [5.41, 5.74) is 0. The molecular formula is C13H25NO. The molecule has 0 heterocycles. The maximum absolute atomic E-state index is 9.25. The van der Waals surface area contributed by atoms with Crippen LogP contribution in [0.15, 0.2) is 0 Å². The Balaban J connectivity index is 1.56. The van der Waals surface area contributed by atoms with E-state index in [4.69, 9.17) is 0 Å². The summed E-state index contributed by atoms with van der Waals surface area (Å²) < 4.78 is 0. The largest absolute Gasteiger partial charge is 0.396 e. The zero-order valence-corrected chi connectivity index (χ0v) is 9.75. The Kier molecular flexibility index (Phi) is 4.45. The van der Waals surface area contributed by atoms with Gasteiger partial charge in [0.15, 0.2) is 0 Å². The molecule has 15 heavy (non-hydrogen) atoms. The minimum Gasteiger partial charge on any atom is -0.396 e. The maximum Gasteiger partial charge on any atom is 0.0462 e. The number of aliphatic hydroxyl groups is 1. The Labute approximate surface area is 93.5 Å². The minimum atomic E-state index is 0.400. The van der Waals surface area contributed by atoms with Crippen molar-refractivity contribution in [3.63, 3.8) is 0 Å². The lowest BCUT2D eigenvalue weighted by molar-refractivity contribution is 0.198. The number of nitrogens with one attached hydrogen (secondary N) is 1. The van der Waals surface area contributed by atoms with Crippen molar-refractivity contribution >= 4 is 0 Å². The lowest BCUT2D eigenvalue weighted by Gasteiger charge is -2.24. The molecule has 2 aliphatic rings. The normalized spacial score (nSPS) is 25.4. The molecule has 0 aromatic rings. The second kappa shape index (κ2) is 5.86. The van der Waals surface area contributed by atoms with Crippen molar-refractivity contribution in [2.45, 2.75) is 57.4 Å². The molecule has 2 aliphatic carbocycles. The number of aliphatic hydroxyl groups excluding tert-OH is 1. The second-order valence-electron chi connectivity index (χ2n) is 5.36. The van der Waals surface area contributed by atoms with Crippen LogP contribution in [0, 0.1) is 11.8 Å².